The molecule has 1 aliphatic heterocycles. The summed E-state index contributed by atoms with van der Waals surface area (Å²) < 4.78 is 0. The molecule has 2 rings (SSSR count). The molecule has 1 aromatic heterocycles. The second-order valence-corrected chi connectivity index (χ2v) is 3.43. The average Bonchev–Trinajstić information content (AvgIpc) is 2.18. The fraction of sp³-hybridized carbons (Fsp3) is 0.500. The van der Waals surface area contributed by atoms with E-state index in [2.05, 4.69) is 28.6 Å². The summed E-state index contributed by atoms with van der Waals surface area (Å²) in [5.74, 6) is 2.02. The van der Waals surface area contributed by atoms with E-state index in [1.165, 1.54) is 17.5 Å². The van der Waals surface area contributed by atoms with Crippen molar-refractivity contribution in [1.82, 2.24) is 4.98 Å². The summed E-state index contributed by atoms with van der Waals surface area (Å²) in [5, 5.41) is 6.39. The molecule has 0 fully saturated rings. The molecular weight excluding hydrogens is 162 g/mol. The zero-order valence-corrected chi connectivity index (χ0v) is 8.15. The van der Waals surface area contributed by atoms with Gasteiger partial charge >= 0.3 is 0 Å². The van der Waals surface area contributed by atoms with Crippen LogP contribution < -0.4 is 10.6 Å². The number of hydrogen-bond donors (Lipinski definition) is 2. The lowest BCUT2D eigenvalue weighted by atomic mass is 10.0. The van der Waals surface area contributed by atoms with Gasteiger partial charge in [-0.3, -0.25) is 0 Å². The van der Waals surface area contributed by atoms with Crippen molar-refractivity contribution in [3.05, 3.63) is 17.2 Å². The van der Waals surface area contributed by atoms with Crippen LogP contribution in [-0.4, -0.2) is 18.6 Å². The second-order valence-electron chi connectivity index (χ2n) is 3.43. The standard InChI is InChI=1S/C10H15N3/c1-7-6-9(11-2)13-10-8(7)4-3-5-12-10/h6H,3-5H2,1-2H3,(H2,11,12,13). The number of fused-ring (bicyclic) bond motifs is 1. The zero-order valence-electron chi connectivity index (χ0n) is 8.15. The van der Waals surface area contributed by atoms with E-state index in [0.717, 1.165) is 24.6 Å². The predicted octanol–water partition coefficient (Wildman–Crippen LogP) is 1.79. The molecule has 2 heterocycles. The minimum absolute atomic E-state index is 0.950. The molecule has 0 aliphatic carbocycles. The van der Waals surface area contributed by atoms with E-state index in [0.29, 0.717) is 0 Å². The Morgan fingerprint density at radius 1 is 1.54 bits per heavy atom. The third-order valence-electron chi connectivity index (χ3n) is 2.50. The molecule has 1 aromatic rings. The molecule has 1 aliphatic rings. The lowest BCUT2D eigenvalue weighted by Gasteiger charge is -2.19. The molecule has 0 radical (unpaired) electrons. The minimum Gasteiger partial charge on any atom is -0.373 e. The number of aryl methyl sites for hydroxylation is 1. The highest BCUT2D eigenvalue weighted by Crippen LogP contribution is 2.25. The monoisotopic (exact) mass is 177 g/mol. The Labute approximate surface area is 78.6 Å². The Bertz CT molecular complexity index is 320. The van der Waals surface area contributed by atoms with Crippen LogP contribution in [0.4, 0.5) is 11.6 Å². The molecule has 0 saturated carbocycles. The van der Waals surface area contributed by atoms with Crippen molar-refractivity contribution in [3.63, 3.8) is 0 Å². The Balaban J connectivity index is 2.47. The molecule has 0 atom stereocenters. The van der Waals surface area contributed by atoms with Crippen molar-refractivity contribution in [2.24, 2.45) is 0 Å². The third kappa shape index (κ3) is 1.46. The second kappa shape index (κ2) is 3.24. The highest BCUT2D eigenvalue weighted by Gasteiger charge is 2.12. The van der Waals surface area contributed by atoms with E-state index >= 15 is 0 Å². The van der Waals surface area contributed by atoms with Crippen LogP contribution in [0.1, 0.15) is 17.5 Å². The smallest absolute Gasteiger partial charge is 0.131 e. The number of hydrogen-bond acceptors (Lipinski definition) is 3. The molecule has 3 heteroatoms. The molecule has 0 amide bonds. The Morgan fingerprint density at radius 2 is 2.38 bits per heavy atom. The number of anilines is 2. The van der Waals surface area contributed by atoms with Crippen LogP contribution >= 0.6 is 0 Å². The average molecular weight is 177 g/mol. The van der Waals surface area contributed by atoms with Crippen molar-refractivity contribution >= 4 is 11.6 Å². The summed E-state index contributed by atoms with van der Waals surface area (Å²) in [6, 6.07) is 2.10. The number of pyridine rings is 1. The van der Waals surface area contributed by atoms with Gasteiger partial charge in [0.25, 0.3) is 0 Å². The maximum atomic E-state index is 4.47. The summed E-state index contributed by atoms with van der Waals surface area (Å²) in [4.78, 5) is 4.47. The molecule has 70 valence electrons. The maximum absolute atomic E-state index is 4.47. The van der Waals surface area contributed by atoms with Gasteiger partial charge in [0.15, 0.2) is 0 Å². The van der Waals surface area contributed by atoms with Crippen molar-refractivity contribution in [1.29, 1.82) is 0 Å². The molecule has 0 bridgehead atoms. The highest BCUT2D eigenvalue weighted by molar-refractivity contribution is 5.56. The van der Waals surface area contributed by atoms with Crippen molar-refractivity contribution in [2.45, 2.75) is 19.8 Å². The van der Waals surface area contributed by atoms with Gasteiger partial charge in [0, 0.05) is 13.6 Å². The van der Waals surface area contributed by atoms with E-state index in [1.807, 2.05) is 7.05 Å². The van der Waals surface area contributed by atoms with Crippen LogP contribution in [0, 0.1) is 6.92 Å². The summed E-state index contributed by atoms with van der Waals surface area (Å²) in [5.41, 5.74) is 2.71. The topological polar surface area (TPSA) is 37.0 Å². The van der Waals surface area contributed by atoms with E-state index in [-0.39, 0.29) is 0 Å². The van der Waals surface area contributed by atoms with Crippen molar-refractivity contribution < 1.29 is 0 Å². The van der Waals surface area contributed by atoms with Gasteiger partial charge in [0.2, 0.25) is 0 Å². The van der Waals surface area contributed by atoms with Crippen LogP contribution in [0.3, 0.4) is 0 Å². The van der Waals surface area contributed by atoms with Gasteiger partial charge in [0.1, 0.15) is 11.6 Å². The lowest BCUT2D eigenvalue weighted by Crippen LogP contribution is -2.15. The first-order valence-corrected chi connectivity index (χ1v) is 4.73. The Kier molecular flexibility index (Phi) is 2.08. The molecule has 0 aromatic carbocycles. The van der Waals surface area contributed by atoms with Crippen molar-refractivity contribution in [3.8, 4) is 0 Å². The SMILES string of the molecule is CNc1cc(C)c2c(n1)NCCC2. The Hall–Kier alpha value is -1.25. The molecule has 13 heavy (non-hydrogen) atoms. The van der Waals surface area contributed by atoms with Crippen LogP contribution in [-0.2, 0) is 6.42 Å². The summed E-state index contributed by atoms with van der Waals surface area (Å²) in [6.45, 7) is 3.20. The van der Waals surface area contributed by atoms with Crippen LogP contribution in [0.25, 0.3) is 0 Å². The molecule has 3 nitrogen and oxygen atoms in total. The number of nitrogens with one attached hydrogen (secondary N) is 2. The van der Waals surface area contributed by atoms with Gasteiger partial charge in [-0.2, -0.15) is 0 Å². The molecule has 0 saturated heterocycles. The quantitative estimate of drug-likeness (QED) is 0.686. The first kappa shape index (κ1) is 8.35. The van der Waals surface area contributed by atoms with Gasteiger partial charge in [-0.1, -0.05) is 0 Å². The number of nitrogens with zero attached hydrogens (tertiary/aromatic N) is 1. The summed E-state index contributed by atoms with van der Waals surface area (Å²) in [6.07, 6.45) is 2.37. The van der Waals surface area contributed by atoms with Crippen LogP contribution in [0.2, 0.25) is 0 Å². The highest BCUT2D eigenvalue weighted by atomic mass is 15.1. The number of rotatable bonds is 1. The van der Waals surface area contributed by atoms with E-state index in [4.69, 9.17) is 0 Å². The van der Waals surface area contributed by atoms with Gasteiger partial charge in [-0.25, -0.2) is 4.98 Å². The fourth-order valence-corrected chi connectivity index (χ4v) is 1.76. The zero-order chi connectivity index (χ0) is 9.26. The van der Waals surface area contributed by atoms with Crippen LogP contribution in [0.15, 0.2) is 6.07 Å². The summed E-state index contributed by atoms with van der Waals surface area (Å²) in [7, 11) is 1.90. The Morgan fingerprint density at radius 3 is 3.15 bits per heavy atom. The first-order chi connectivity index (χ1) is 6.31. The fourth-order valence-electron chi connectivity index (χ4n) is 1.76. The molecular formula is C10H15N3. The minimum atomic E-state index is 0.950. The molecule has 0 spiro atoms. The number of aromatic nitrogens is 1. The lowest BCUT2D eigenvalue weighted by molar-refractivity contribution is 0.811. The van der Waals surface area contributed by atoms with E-state index in [9.17, 15) is 0 Å². The molecule has 0 unspecified atom stereocenters. The third-order valence-corrected chi connectivity index (χ3v) is 2.50. The van der Waals surface area contributed by atoms with E-state index in [1.54, 1.807) is 0 Å². The largest absolute Gasteiger partial charge is 0.373 e. The molecule has 2 N–H and O–H groups in total. The van der Waals surface area contributed by atoms with Gasteiger partial charge in [0.05, 0.1) is 0 Å². The maximum Gasteiger partial charge on any atom is 0.131 e. The van der Waals surface area contributed by atoms with Crippen molar-refractivity contribution in [2.75, 3.05) is 24.2 Å². The predicted molar refractivity (Wildman–Crippen MR) is 55.3 cm³/mol. The van der Waals surface area contributed by atoms with Gasteiger partial charge < -0.3 is 10.6 Å². The van der Waals surface area contributed by atoms with Gasteiger partial charge in [-0.15, -0.1) is 0 Å². The first-order valence-electron chi connectivity index (χ1n) is 4.73. The van der Waals surface area contributed by atoms with Crippen LogP contribution in [0.5, 0.6) is 0 Å². The van der Waals surface area contributed by atoms with Gasteiger partial charge in [-0.05, 0) is 37.0 Å². The normalized spacial score (nSPS) is 14.6. The summed E-state index contributed by atoms with van der Waals surface area (Å²) >= 11 is 0. The van der Waals surface area contributed by atoms with E-state index < -0.39 is 0 Å².